The van der Waals surface area contributed by atoms with Gasteiger partial charge in [-0.25, -0.2) is 0 Å². The van der Waals surface area contributed by atoms with E-state index in [-0.39, 0.29) is 12.0 Å². The summed E-state index contributed by atoms with van der Waals surface area (Å²) in [5.41, 5.74) is 5.34. The van der Waals surface area contributed by atoms with Gasteiger partial charge in [0.2, 0.25) is 0 Å². The number of carbonyl (C=O) groups excluding carboxylic acids is 1. The summed E-state index contributed by atoms with van der Waals surface area (Å²) in [5.74, 6) is 0.264. The molecule has 78 valence electrons. The van der Waals surface area contributed by atoms with E-state index in [0.717, 1.165) is 6.42 Å². The summed E-state index contributed by atoms with van der Waals surface area (Å²) in [7, 11) is 1.40. The van der Waals surface area contributed by atoms with Gasteiger partial charge in [-0.15, -0.1) is 0 Å². The molecule has 0 fully saturated rings. The minimum Gasteiger partial charge on any atom is -0.469 e. The fourth-order valence-corrected chi connectivity index (χ4v) is 1.22. The summed E-state index contributed by atoms with van der Waals surface area (Å²) in [4.78, 5) is 11.4. The third-order valence-electron chi connectivity index (χ3n) is 2.36. The highest BCUT2D eigenvalue weighted by atomic mass is 16.5. The Morgan fingerprint density at radius 1 is 1.46 bits per heavy atom. The molecule has 3 heteroatoms. The molecule has 0 unspecified atom stereocenters. The van der Waals surface area contributed by atoms with Crippen molar-refractivity contribution in [2.75, 3.05) is 7.11 Å². The first-order chi connectivity index (χ1) is 5.82. The van der Waals surface area contributed by atoms with Gasteiger partial charge in [-0.05, 0) is 26.2 Å². The normalized spacial score (nSPS) is 14.4. The molecule has 0 aliphatic carbocycles. The Bertz CT molecular complexity index is 176. The van der Waals surface area contributed by atoms with E-state index in [4.69, 9.17) is 10.5 Å². The number of ether oxygens (including phenoxy) is 1. The van der Waals surface area contributed by atoms with Gasteiger partial charge in [-0.2, -0.15) is 0 Å². The molecule has 0 radical (unpaired) electrons. The van der Waals surface area contributed by atoms with Crippen LogP contribution in [0.15, 0.2) is 0 Å². The summed E-state index contributed by atoms with van der Waals surface area (Å²) < 4.78 is 4.70. The number of esters is 1. The monoisotopic (exact) mass is 187 g/mol. The van der Waals surface area contributed by atoms with Crippen LogP contribution in [0.25, 0.3) is 0 Å². The quantitative estimate of drug-likeness (QED) is 0.679. The molecule has 0 spiro atoms. The van der Waals surface area contributed by atoms with Crippen LogP contribution in [0, 0.1) is 11.3 Å². The van der Waals surface area contributed by atoms with Crippen LogP contribution in [0.5, 0.6) is 0 Å². The number of hydrogen-bond donors (Lipinski definition) is 1. The maximum atomic E-state index is 11.4. The Labute approximate surface area is 80.6 Å². The Morgan fingerprint density at radius 2 is 1.92 bits per heavy atom. The predicted octanol–water partition coefficient (Wildman–Crippen LogP) is 1.56. The van der Waals surface area contributed by atoms with Crippen molar-refractivity contribution < 1.29 is 9.53 Å². The summed E-state index contributed by atoms with van der Waals surface area (Å²) in [5, 5.41) is 0. The van der Waals surface area contributed by atoms with Gasteiger partial charge in [0, 0.05) is 6.04 Å². The average Bonchev–Trinajstić information content (AvgIpc) is 2.01. The SMILES string of the molecule is COC(=O)C(C)(C)[C@H](N)CC(C)C. The van der Waals surface area contributed by atoms with E-state index in [1.165, 1.54) is 7.11 Å². The van der Waals surface area contributed by atoms with Crippen molar-refractivity contribution in [3.8, 4) is 0 Å². The molecule has 2 N–H and O–H groups in total. The summed E-state index contributed by atoms with van der Waals surface area (Å²) in [6, 6.07) is -0.139. The Morgan fingerprint density at radius 3 is 2.23 bits per heavy atom. The molecular formula is C10H21NO2. The fourth-order valence-electron chi connectivity index (χ4n) is 1.22. The van der Waals surface area contributed by atoms with Crippen molar-refractivity contribution in [1.29, 1.82) is 0 Å². The van der Waals surface area contributed by atoms with Crippen LogP contribution in [-0.4, -0.2) is 19.1 Å². The van der Waals surface area contributed by atoms with E-state index in [9.17, 15) is 4.79 Å². The van der Waals surface area contributed by atoms with E-state index in [1.807, 2.05) is 13.8 Å². The first-order valence-corrected chi connectivity index (χ1v) is 4.66. The van der Waals surface area contributed by atoms with E-state index < -0.39 is 5.41 Å². The zero-order valence-corrected chi connectivity index (χ0v) is 9.26. The maximum Gasteiger partial charge on any atom is 0.312 e. The van der Waals surface area contributed by atoms with Gasteiger partial charge in [-0.3, -0.25) is 4.79 Å². The molecule has 0 aromatic carbocycles. The zero-order valence-electron chi connectivity index (χ0n) is 9.26. The summed E-state index contributed by atoms with van der Waals surface area (Å²) in [6.45, 7) is 7.83. The van der Waals surface area contributed by atoms with Crippen LogP contribution in [0.4, 0.5) is 0 Å². The van der Waals surface area contributed by atoms with Gasteiger partial charge in [0.05, 0.1) is 12.5 Å². The van der Waals surface area contributed by atoms with E-state index in [1.54, 1.807) is 0 Å². The first-order valence-electron chi connectivity index (χ1n) is 4.66. The van der Waals surface area contributed by atoms with Crippen LogP contribution >= 0.6 is 0 Å². The average molecular weight is 187 g/mol. The Hall–Kier alpha value is -0.570. The second-order valence-electron chi connectivity index (χ2n) is 4.45. The summed E-state index contributed by atoms with van der Waals surface area (Å²) >= 11 is 0. The van der Waals surface area contributed by atoms with Crippen LogP contribution in [-0.2, 0) is 9.53 Å². The van der Waals surface area contributed by atoms with E-state index >= 15 is 0 Å². The van der Waals surface area contributed by atoms with Crippen molar-refractivity contribution in [2.45, 2.75) is 40.2 Å². The van der Waals surface area contributed by atoms with Gasteiger partial charge in [0.1, 0.15) is 0 Å². The largest absolute Gasteiger partial charge is 0.469 e. The second-order valence-corrected chi connectivity index (χ2v) is 4.45. The Kier molecular flexibility index (Phi) is 4.40. The number of hydrogen-bond acceptors (Lipinski definition) is 3. The number of methoxy groups -OCH3 is 1. The highest BCUT2D eigenvalue weighted by molar-refractivity contribution is 5.76. The maximum absolute atomic E-state index is 11.4. The van der Waals surface area contributed by atoms with Gasteiger partial charge in [-0.1, -0.05) is 13.8 Å². The van der Waals surface area contributed by atoms with Crippen molar-refractivity contribution in [3.63, 3.8) is 0 Å². The number of carbonyl (C=O) groups is 1. The van der Waals surface area contributed by atoms with Gasteiger partial charge in [0.15, 0.2) is 0 Å². The van der Waals surface area contributed by atoms with Gasteiger partial charge in [0.25, 0.3) is 0 Å². The molecule has 0 aliphatic rings. The van der Waals surface area contributed by atoms with Crippen LogP contribution in [0.2, 0.25) is 0 Å². The van der Waals surface area contributed by atoms with Crippen LogP contribution in [0.1, 0.15) is 34.1 Å². The van der Waals surface area contributed by atoms with E-state index in [0.29, 0.717) is 5.92 Å². The lowest BCUT2D eigenvalue weighted by molar-refractivity contribution is -0.152. The molecule has 1 atom stereocenters. The minimum absolute atomic E-state index is 0.139. The molecule has 3 nitrogen and oxygen atoms in total. The highest BCUT2D eigenvalue weighted by Crippen LogP contribution is 2.25. The molecule has 0 amide bonds. The molecule has 0 heterocycles. The van der Waals surface area contributed by atoms with Crippen molar-refractivity contribution in [3.05, 3.63) is 0 Å². The molecule has 0 rings (SSSR count). The second kappa shape index (κ2) is 4.61. The van der Waals surface area contributed by atoms with Crippen molar-refractivity contribution in [2.24, 2.45) is 17.1 Å². The minimum atomic E-state index is -0.584. The van der Waals surface area contributed by atoms with Gasteiger partial charge < -0.3 is 10.5 Å². The number of nitrogens with two attached hydrogens (primary N) is 1. The topological polar surface area (TPSA) is 52.3 Å². The first kappa shape index (κ1) is 12.4. The van der Waals surface area contributed by atoms with Crippen molar-refractivity contribution in [1.82, 2.24) is 0 Å². The standard InChI is InChI=1S/C10H21NO2/c1-7(2)6-8(11)10(3,4)9(12)13-5/h7-8H,6,11H2,1-5H3/t8-/m1/s1. The molecule has 0 saturated heterocycles. The number of rotatable bonds is 4. The molecule has 0 bridgehead atoms. The lowest BCUT2D eigenvalue weighted by Gasteiger charge is -2.29. The van der Waals surface area contributed by atoms with Gasteiger partial charge >= 0.3 is 5.97 Å². The lowest BCUT2D eigenvalue weighted by atomic mass is 9.81. The lowest BCUT2D eigenvalue weighted by Crippen LogP contribution is -2.44. The predicted molar refractivity (Wildman–Crippen MR) is 53.2 cm³/mol. The third-order valence-corrected chi connectivity index (χ3v) is 2.36. The molecule has 0 aromatic rings. The zero-order chi connectivity index (χ0) is 10.6. The summed E-state index contributed by atoms with van der Waals surface area (Å²) in [6.07, 6.45) is 0.835. The molecular weight excluding hydrogens is 166 g/mol. The molecule has 13 heavy (non-hydrogen) atoms. The van der Waals surface area contributed by atoms with Crippen molar-refractivity contribution >= 4 is 5.97 Å². The Balaban J connectivity index is 4.35. The smallest absolute Gasteiger partial charge is 0.312 e. The molecule has 0 aliphatic heterocycles. The van der Waals surface area contributed by atoms with Crippen LogP contribution < -0.4 is 5.73 Å². The molecule has 0 aromatic heterocycles. The highest BCUT2D eigenvalue weighted by Gasteiger charge is 2.35. The fraction of sp³-hybridized carbons (Fsp3) is 0.900. The third kappa shape index (κ3) is 3.35. The van der Waals surface area contributed by atoms with Crippen LogP contribution in [0.3, 0.4) is 0 Å². The van der Waals surface area contributed by atoms with E-state index in [2.05, 4.69) is 13.8 Å². The molecule has 0 saturated carbocycles.